The Labute approximate surface area is 93.8 Å². The van der Waals surface area contributed by atoms with Gasteiger partial charge in [-0.05, 0) is 47.9 Å². The number of nitrogens with two attached hydrogens (primary N) is 1. The fourth-order valence-electron chi connectivity index (χ4n) is 1.66. The van der Waals surface area contributed by atoms with Gasteiger partial charge in [0.15, 0.2) is 0 Å². The molecule has 0 bridgehead atoms. The van der Waals surface area contributed by atoms with Crippen molar-refractivity contribution in [2.45, 2.75) is 19.9 Å². The number of aromatic nitrogens is 1. The Hall–Kier alpha value is -1.19. The zero-order chi connectivity index (χ0) is 10.8. The zero-order valence-electron chi connectivity index (χ0n) is 8.90. The van der Waals surface area contributed by atoms with Gasteiger partial charge in [-0.2, -0.15) is 11.3 Å². The van der Waals surface area contributed by atoms with Crippen LogP contribution in [0.25, 0.3) is 0 Å². The average molecular weight is 218 g/mol. The second-order valence-electron chi connectivity index (χ2n) is 3.66. The molecule has 0 saturated carbocycles. The number of rotatable bonds is 2. The minimum absolute atomic E-state index is 0.0515. The van der Waals surface area contributed by atoms with Crippen LogP contribution >= 0.6 is 11.3 Å². The van der Waals surface area contributed by atoms with Gasteiger partial charge in [0.25, 0.3) is 0 Å². The highest BCUT2D eigenvalue weighted by atomic mass is 32.1. The summed E-state index contributed by atoms with van der Waals surface area (Å²) >= 11 is 1.67. The molecule has 2 heterocycles. The third kappa shape index (κ3) is 2.08. The van der Waals surface area contributed by atoms with Crippen molar-refractivity contribution in [2.75, 3.05) is 0 Å². The molecule has 2 rings (SSSR count). The summed E-state index contributed by atoms with van der Waals surface area (Å²) in [7, 11) is 0. The minimum atomic E-state index is -0.0515. The van der Waals surface area contributed by atoms with Crippen molar-refractivity contribution in [3.63, 3.8) is 0 Å². The lowest BCUT2D eigenvalue weighted by Crippen LogP contribution is -2.13. The van der Waals surface area contributed by atoms with Crippen LogP contribution < -0.4 is 5.73 Å². The van der Waals surface area contributed by atoms with Gasteiger partial charge >= 0.3 is 0 Å². The maximum Gasteiger partial charge on any atom is 0.0577 e. The van der Waals surface area contributed by atoms with Crippen molar-refractivity contribution >= 4 is 11.3 Å². The monoisotopic (exact) mass is 218 g/mol. The van der Waals surface area contributed by atoms with Crippen molar-refractivity contribution in [3.05, 3.63) is 51.5 Å². The Morgan fingerprint density at radius 3 is 2.67 bits per heavy atom. The van der Waals surface area contributed by atoms with Crippen molar-refractivity contribution in [2.24, 2.45) is 5.73 Å². The molecule has 2 nitrogen and oxygen atoms in total. The van der Waals surface area contributed by atoms with E-state index in [1.165, 1.54) is 0 Å². The summed E-state index contributed by atoms with van der Waals surface area (Å²) in [5.74, 6) is 0. The molecule has 0 aliphatic carbocycles. The van der Waals surface area contributed by atoms with Crippen LogP contribution in [0, 0.1) is 13.8 Å². The van der Waals surface area contributed by atoms with Gasteiger partial charge in [0.2, 0.25) is 0 Å². The van der Waals surface area contributed by atoms with Crippen LogP contribution in [0.1, 0.15) is 28.6 Å². The summed E-state index contributed by atoms with van der Waals surface area (Å²) in [6, 6.07) is 6.09. The Morgan fingerprint density at radius 2 is 2.07 bits per heavy atom. The number of hydrogen-bond donors (Lipinski definition) is 1. The summed E-state index contributed by atoms with van der Waals surface area (Å²) in [5, 5.41) is 4.14. The van der Waals surface area contributed by atoms with Crippen LogP contribution in [0.15, 0.2) is 29.0 Å². The third-order valence-corrected chi connectivity index (χ3v) is 3.20. The number of hydrogen-bond acceptors (Lipinski definition) is 3. The molecular formula is C12H14N2S. The topological polar surface area (TPSA) is 38.9 Å². The van der Waals surface area contributed by atoms with E-state index in [9.17, 15) is 0 Å². The smallest absolute Gasteiger partial charge is 0.0577 e. The van der Waals surface area contributed by atoms with Crippen molar-refractivity contribution in [1.82, 2.24) is 4.98 Å². The Kier molecular flexibility index (Phi) is 2.84. The van der Waals surface area contributed by atoms with Gasteiger partial charge in [0, 0.05) is 11.4 Å². The fraction of sp³-hybridized carbons (Fsp3) is 0.250. The molecule has 0 aliphatic heterocycles. The highest BCUT2D eigenvalue weighted by molar-refractivity contribution is 7.08. The van der Waals surface area contributed by atoms with Crippen LogP contribution in [0.5, 0.6) is 0 Å². The Balaban J connectivity index is 2.38. The highest BCUT2D eigenvalue weighted by Crippen LogP contribution is 2.23. The molecule has 0 spiro atoms. The fourth-order valence-corrected chi connectivity index (χ4v) is 2.35. The van der Waals surface area contributed by atoms with E-state index in [1.54, 1.807) is 11.3 Å². The van der Waals surface area contributed by atoms with Crippen LogP contribution in [0.3, 0.4) is 0 Å². The summed E-state index contributed by atoms with van der Waals surface area (Å²) in [5.41, 5.74) is 10.5. The first-order chi connectivity index (χ1) is 7.18. The van der Waals surface area contributed by atoms with Gasteiger partial charge in [-0.15, -0.1) is 0 Å². The molecule has 78 valence electrons. The van der Waals surface area contributed by atoms with E-state index in [2.05, 4.69) is 22.5 Å². The molecule has 2 aromatic rings. The SMILES string of the molecule is Cc1ccc(C(N)c2ccsc2)c(C)n1. The molecule has 0 radical (unpaired) electrons. The normalized spacial score (nSPS) is 12.7. The first-order valence-electron chi connectivity index (χ1n) is 4.90. The van der Waals surface area contributed by atoms with Crippen LogP contribution in [-0.2, 0) is 0 Å². The summed E-state index contributed by atoms with van der Waals surface area (Å²) in [6.45, 7) is 4.00. The van der Waals surface area contributed by atoms with E-state index < -0.39 is 0 Å². The summed E-state index contributed by atoms with van der Waals surface area (Å²) in [6.07, 6.45) is 0. The van der Waals surface area contributed by atoms with Gasteiger partial charge in [-0.3, -0.25) is 4.98 Å². The maximum atomic E-state index is 6.18. The zero-order valence-corrected chi connectivity index (χ0v) is 9.71. The molecule has 2 N–H and O–H groups in total. The second kappa shape index (κ2) is 4.13. The number of aryl methyl sites for hydroxylation is 2. The van der Waals surface area contributed by atoms with Crippen LogP contribution in [-0.4, -0.2) is 4.98 Å². The largest absolute Gasteiger partial charge is 0.320 e. The van der Waals surface area contributed by atoms with Crippen LogP contribution in [0.4, 0.5) is 0 Å². The molecule has 3 heteroatoms. The first kappa shape index (κ1) is 10.3. The molecule has 15 heavy (non-hydrogen) atoms. The minimum Gasteiger partial charge on any atom is -0.320 e. The average Bonchev–Trinajstić information content (AvgIpc) is 2.69. The second-order valence-corrected chi connectivity index (χ2v) is 4.44. The van der Waals surface area contributed by atoms with E-state index in [0.717, 1.165) is 22.5 Å². The number of thiophene rings is 1. The lowest BCUT2D eigenvalue weighted by atomic mass is 10.0. The molecule has 2 aromatic heterocycles. The maximum absolute atomic E-state index is 6.18. The van der Waals surface area contributed by atoms with E-state index in [-0.39, 0.29) is 6.04 Å². The van der Waals surface area contributed by atoms with E-state index in [1.807, 2.05) is 25.3 Å². The molecule has 0 aromatic carbocycles. The van der Waals surface area contributed by atoms with Gasteiger partial charge < -0.3 is 5.73 Å². The quantitative estimate of drug-likeness (QED) is 0.841. The van der Waals surface area contributed by atoms with E-state index >= 15 is 0 Å². The van der Waals surface area contributed by atoms with Crippen molar-refractivity contribution in [3.8, 4) is 0 Å². The van der Waals surface area contributed by atoms with Crippen molar-refractivity contribution < 1.29 is 0 Å². The van der Waals surface area contributed by atoms with Crippen LogP contribution in [0.2, 0.25) is 0 Å². The van der Waals surface area contributed by atoms with E-state index in [0.29, 0.717) is 0 Å². The standard InChI is InChI=1S/C12H14N2S/c1-8-3-4-11(9(2)14-8)12(13)10-5-6-15-7-10/h3-7,12H,13H2,1-2H3. The molecule has 0 fully saturated rings. The van der Waals surface area contributed by atoms with Gasteiger partial charge in [0.05, 0.1) is 6.04 Å². The third-order valence-electron chi connectivity index (χ3n) is 2.50. The summed E-state index contributed by atoms with van der Waals surface area (Å²) in [4.78, 5) is 4.43. The molecule has 0 amide bonds. The molecule has 0 aliphatic rings. The predicted molar refractivity (Wildman–Crippen MR) is 64.1 cm³/mol. The molecule has 1 unspecified atom stereocenters. The lowest BCUT2D eigenvalue weighted by Gasteiger charge is -2.13. The Morgan fingerprint density at radius 1 is 1.27 bits per heavy atom. The number of nitrogens with zero attached hydrogens (tertiary/aromatic N) is 1. The number of pyridine rings is 1. The lowest BCUT2D eigenvalue weighted by molar-refractivity contribution is 0.848. The van der Waals surface area contributed by atoms with E-state index in [4.69, 9.17) is 5.73 Å². The van der Waals surface area contributed by atoms with Gasteiger partial charge in [-0.1, -0.05) is 6.07 Å². The van der Waals surface area contributed by atoms with Crippen molar-refractivity contribution in [1.29, 1.82) is 0 Å². The molecule has 0 saturated heterocycles. The highest BCUT2D eigenvalue weighted by Gasteiger charge is 2.12. The predicted octanol–water partition coefficient (Wildman–Crippen LogP) is 2.81. The molecular weight excluding hydrogens is 204 g/mol. The van der Waals surface area contributed by atoms with Gasteiger partial charge in [0.1, 0.15) is 0 Å². The van der Waals surface area contributed by atoms with Gasteiger partial charge in [-0.25, -0.2) is 0 Å². The molecule has 1 atom stereocenters. The first-order valence-corrected chi connectivity index (χ1v) is 5.84. The summed E-state index contributed by atoms with van der Waals surface area (Å²) < 4.78 is 0. The Bertz CT molecular complexity index is 449.